The molecular weight excluding hydrogens is 192 g/mol. The van der Waals surface area contributed by atoms with Crippen LogP contribution in [0.15, 0.2) is 41.6 Å². The van der Waals surface area contributed by atoms with Crippen molar-refractivity contribution in [2.24, 2.45) is 0 Å². The minimum absolute atomic E-state index is 0.385. The van der Waals surface area contributed by atoms with Crippen LogP contribution in [0.4, 0.5) is 0 Å². The summed E-state index contributed by atoms with van der Waals surface area (Å²) in [4.78, 5) is 22.2. The minimum atomic E-state index is -0.522. The summed E-state index contributed by atoms with van der Waals surface area (Å²) in [5.41, 5.74) is -1.04. The fourth-order valence-corrected chi connectivity index (χ4v) is 1.27. The van der Waals surface area contributed by atoms with Gasteiger partial charge in [0.05, 0.1) is 10.8 Å². The van der Waals surface area contributed by atoms with Crippen molar-refractivity contribution in [2.45, 2.75) is 0 Å². The Bertz CT molecular complexity index is 491. The Balaban J connectivity index is 3.11. The third-order valence-electron chi connectivity index (χ3n) is 1.58. The highest BCUT2D eigenvalue weighted by molar-refractivity contribution is 6.93. The number of rotatable bonds is 0. The lowest BCUT2D eigenvalue weighted by molar-refractivity contribution is 0.559. The zero-order valence-electron chi connectivity index (χ0n) is 6.35. The fraction of sp³-hybridized carbons (Fsp3) is 0. The van der Waals surface area contributed by atoms with Crippen molar-refractivity contribution in [1.82, 2.24) is 0 Å². The number of hydrogen-bond donors (Lipinski definition) is 0. The topological polar surface area (TPSA) is 60.4 Å². The SMILES string of the molecule is O=c1osoc(=O)c2ccc1cc2. The first kappa shape index (κ1) is 8.00. The molecule has 0 amide bonds. The van der Waals surface area contributed by atoms with E-state index in [9.17, 15) is 9.59 Å². The van der Waals surface area contributed by atoms with Gasteiger partial charge in [-0.3, -0.25) is 0 Å². The molecule has 2 heterocycles. The van der Waals surface area contributed by atoms with Crippen LogP contribution in [0.25, 0.3) is 10.8 Å². The summed E-state index contributed by atoms with van der Waals surface area (Å²) in [5.74, 6) is 0. The van der Waals surface area contributed by atoms with E-state index in [0.717, 1.165) is 0 Å². The second-order valence-corrected chi connectivity index (χ2v) is 2.86. The summed E-state index contributed by atoms with van der Waals surface area (Å²) in [6.45, 7) is 0. The molecule has 0 aliphatic carbocycles. The van der Waals surface area contributed by atoms with Gasteiger partial charge in [0.2, 0.25) is 11.9 Å². The smallest absolute Gasteiger partial charge is 0.330 e. The van der Waals surface area contributed by atoms with Crippen molar-refractivity contribution in [3.05, 3.63) is 45.1 Å². The van der Waals surface area contributed by atoms with Crippen LogP contribution in [0, 0.1) is 0 Å². The van der Waals surface area contributed by atoms with Crippen LogP contribution in [0.5, 0.6) is 0 Å². The summed E-state index contributed by atoms with van der Waals surface area (Å²) >= 11 is 0.385. The average Bonchev–Trinajstić information content (AvgIpc) is 2.25. The van der Waals surface area contributed by atoms with Crippen LogP contribution in [0.2, 0.25) is 0 Å². The molecule has 13 heavy (non-hydrogen) atoms. The lowest BCUT2D eigenvalue weighted by Crippen LogP contribution is -1.93. The Labute approximate surface area is 76.1 Å². The van der Waals surface area contributed by atoms with Crippen molar-refractivity contribution in [2.75, 3.05) is 0 Å². The minimum Gasteiger partial charge on any atom is -0.330 e. The average molecular weight is 196 g/mol. The molecule has 3 aromatic rings. The molecule has 0 aliphatic rings. The van der Waals surface area contributed by atoms with E-state index in [1.165, 1.54) is 24.3 Å². The Kier molecular flexibility index (Phi) is 1.86. The molecule has 0 N–H and O–H groups in total. The molecule has 0 saturated heterocycles. The van der Waals surface area contributed by atoms with Crippen LogP contribution in [-0.4, -0.2) is 0 Å². The van der Waals surface area contributed by atoms with E-state index in [2.05, 4.69) is 7.70 Å². The predicted octanol–water partition coefficient (Wildman–Crippen LogP) is 1.37. The Morgan fingerprint density at radius 2 is 1.23 bits per heavy atom. The van der Waals surface area contributed by atoms with Gasteiger partial charge in [-0.2, -0.15) is 0 Å². The van der Waals surface area contributed by atoms with Gasteiger partial charge < -0.3 is 7.70 Å². The Morgan fingerprint density at radius 1 is 0.846 bits per heavy atom. The van der Waals surface area contributed by atoms with Gasteiger partial charge in [0.15, 0.2) is 0 Å². The van der Waals surface area contributed by atoms with Crippen LogP contribution in [0.1, 0.15) is 0 Å². The highest BCUT2D eigenvalue weighted by atomic mass is 32.1. The first-order valence-electron chi connectivity index (χ1n) is 3.47. The van der Waals surface area contributed by atoms with E-state index < -0.39 is 11.3 Å². The highest BCUT2D eigenvalue weighted by Crippen LogP contribution is 2.00. The molecule has 66 valence electrons. The van der Waals surface area contributed by atoms with Crippen LogP contribution in [-0.2, 0) is 0 Å². The monoisotopic (exact) mass is 196 g/mol. The largest absolute Gasteiger partial charge is 0.357 e. The molecule has 0 saturated carbocycles. The van der Waals surface area contributed by atoms with Crippen LogP contribution < -0.4 is 11.3 Å². The zero-order valence-corrected chi connectivity index (χ0v) is 7.17. The van der Waals surface area contributed by atoms with Gasteiger partial charge in [0.1, 0.15) is 0 Å². The van der Waals surface area contributed by atoms with Gasteiger partial charge in [0, 0.05) is 0 Å². The zero-order chi connectivity index (χ0) is 9.26. The summed E-state index contributed by atoms with van der Waals surface area (Å²) in [5, 5.41) is 0.795. The predicted molar refractivity (Wildman–Crippen MR) is 47.7 cm³/mol. The number of benzene rings is 1. The molecule has 2 aromatic heterocycles. The van der Waals surface area contributed by atoms with E-state index in [4.69, 9.17) is 0 Å². The van der Waals surface area contributed by atoms with Crippen LogP contribution in [0.3, 0.4) is 0 Å². The number of hydrogen-bond acceptors (Lipinski definition) is 5. The molecule has 0 radical (unpaired) electrons. The molecule has 0 fully saturated rings. The first-order chi connectivity index (χ1) is 6.27. The highest BCUT2D eigenvalue weighted by Gasteiger charge is 1.95. The lowest BCUT2D eigenvalue weighted by atomic mass is 10.2. The van der Waals surface area contributed by atoms with E-state index in [-0.39, 0.29) is 0 Å². The molecular formula is C8H4O4S. The van der Waals surface area contributed by atoms with Gasteiger partial charge in [-0.25, -0.2) is 9.59 Å². The quantitative estimate of drug-likeness (QED) is 0.638. The van der Waals surface area contributed by atoms with Gasteiger partial charge in [-0.1, -0.05) is 0 Å². The maximum absolute atomic E-state index is 11.1. The second-order valence-electron chi connectivity index (χ2n) is 2.39. The molecule has 0 spiro atoms. The van der Waals surface area contributed by atoms with Crippen molar-refractivity contribution < 1.29 is 7.70 Å². The molecule has 4 nitrogen and oxygen atoms in total. The van der Waals surface area contributed by atoms with Crippen molar-refractivity contribution in [3.63, 3.8) is 0 Å². The summed E-state index contributed by atoms with van der Waals surface area (Å²) in [6.07, 6.45) is 0. The first-order valence-corrected chi connectivity index (χ1v) is 4.14. The van der Waals surface area contributed by atoms with Crippen molar-refractivity contribution >= 4 is 22.7 Å². The molecule has 3 rings (SSSR count). The fourth-order valence-electron chi connectivity index (χ4n) is 0.917. The molecule has 0 aliphatic heterocycles. The third kappa shape index (κ3) is 1.46. The van der Waals surface area contributed by atoms with Crippen molar-refractivity contribution in [3.8, 4) is 0 Å². The summed E-state index contributed by atoms with van der Waals surface area (Å²) in [6, 6.07) is 6.07. The van der Waals surface area contributed by atoms with E-state index in [1.807, 2.05) is 0 Å². The molecule has 2 bridgehead atoms. The summed E-state index contributed by atoms with van der Waals surface area (Å²) in [7, 11) is 0. The normalized spacial score (nSPS) is 10.2. The van der Waals surface area contributed by atoms with Crippen LogP contribution >= 0.6 is 11.9 Å². The third-order valence-corrected chi connectivity index (χ3v) is 2.01. The van der Waals surface area contributed by atoms with Gasteiger partial charge >= 0.3 is 11.3 Å². The van der Waals surface area contributed by atoms with Gasteiger partial charge in [0.25, 0.3) is 0 Å². The maximum atomic E-state index is 11.1. The molecule has 0 atom stereocenters. The molecule has 0 unspecified atom stereocenters. The van der Waals surface area contributed by atoms with Gasteiger partial charge in [-0.05, 0) is 24.3 Å². The van der Waals surface area contributed by atoms with Gasteiger partial charge in [-0.15, -0.1) is 0 Å². The Hall–Kier alpha value is -1.62. The maximum Gasteiger partial charge on any atom is 0.357 e. The lowest BCUT2D eigenvalue weighted by Gasteiger charge is -1.81. The molecule has 1 aromatic carbocycles. The molecule has 5 heteroatoms. The van der Waals surface area contributed by atoms with E-state index >= 15 is 0 Å². The van der Waals surface area contributed by atoms with Crippen molar-refractivity contribution in [1.29, 1.82) is 0 Å². The standard InChI is InChI=1S/C8H4O4S/c9-7-5-1-2-6(4-3-5)8(10)12-13-11-7/h1-4H. The number of fused-ring (bicyclic) bond motifs is 6. The summed E-state index contributed by atoms with van der Waals surface area (Å²) < 4.78 is 9.09. The Morgan fingerprint density at radius 3 is 1.62 bits per heavy atom. The second kappa shape index (κ2) is 3.02. The van der Waals surface area contributed by atoms with E-state index in [0.29, 0.717) is 22.7 Å². The van der Waals surface area contributed by atoms with E-state index in [1.54, 1.807) is 0 Å².